The Labute approximate surface area is 418 Å². The fraction of sp³-hybridized carbons (Fsp3) is 0.286. The molecule has 13 heteroatoms. The lowest BCUT2D eigenvalue weighted by Crippen LogP contribution is -2.31. The van der Waals surface area contributed by atoms with Crippen LogP contribution in [0.25, 0.3) is 32.0 Å². The van der Waals surface area contributed by atoms with Crippen LogP contribution in [0, 0.1) is 6.92 Å². The molecule has 6 aromatic carbocycles. The molecule has 7 aromatic rings. The minimum absolute atomic E-state index is 0.00399. The molecule has 0 spiro atoms. The minimum Gasteiger partial charge on any atom is -0.487 e. The number of benzene rings is 6. The van der Waals surface area contributed by atoms with Gasteiger partial charge in [-0.2, -0.15) is 0 Å². The van der Waals surface area contributed by atoms with Crippen molar-refractivity contribution in [1.82, 2.24) is 0 Å². The number of amides is 4. The zero-order valence-corrected chi connectivity index (χ0v) is 41.8. The van der Waals surface area contributed by atoms with Crippen LogP contribution in [0.15, 0.2) is 121 Å². The molecule has 1 unspecified atom stereocenters. The number of nitrogens with one attached hydrogen (secondary N) is 1. The minimum atomic E-state index is -0.256. The van der Waals surface area contributed by atoms with Gasteiger partial charge in [-0.3, -0.25) is 19.2 Å². The Morgan fingerprint density at radius 2 is 1.43 bits per heavy atom. The van der Waals surface area contributed by atoms with E-state index in [1.807, 2.05) is 103 Å². The number of nitrogens with two attached hydrogens (primary N) is 1. The number of carbonyl (C=O) groups excluding carboxylic acids is 4. The highest BCUT2D eigenvalue weighted by Gasteiger charge is 2.36. The molecule has 3 heterocycles. The summed E-state index contributed by atoms with van der Waals surface area (Å²) in [4.78, 5) is 53.7. The number of ether oxygens (including phenoxy) is 2. The van der Waals surface area contributed by atoms with E-state index in [1.165, 1.54) is 28.6 Å². The first-order valence-electron chi connectivity index (χ1n) is 23.3. The molecule has 10 nitrogen and oxygen atoms in total. The van der Waals surface area contributed by atoms with E-state index < -0.39 is 0 Å². The predicted molar refractivity (Wildman–Crippen MR) is 284 cm³/mol. The summed E-state index contributed by atoms with van der Waals surface area (Å²) in [7, 11) is 0. The molecule has 2 aliphatic heterocycles. The predicted octanol–water partition coefficient (Wildman–Crippen LogP) is 12.1. The van der Waals surface area contributed by atoms with Gasteiger partial charge in [0, 0.05) is 72.6 Å². The van der Waals surface area contributed by atoms with Crippen molar-refractivity contribution in [3.05, 3.63) is 154 Å². The first-order valence-corrected chi connectivity index (χ1v) is 25.5. The summed E-state index contributed by atoms with van der Waals surface area (Å²) in [6.45, 7) is 7.84. The van der Waals surface area contributed by atoms with E-state index in [0.717, 1.165) is 60.2 Å². The molecule has 0 saturated heterocycles. The summed E-state index contributed by atoms with van der Waals surface area (Å²) in [6.07, 6.45) is 3.27. The third-order valence-corrected chi connectivity index (χ3v) is 14.2. The van der Waals surface area contributed by atoms with Gasteiger partial charge in [-0.1, -0.05) is 117 Å². The molecule has 1 aromatic heterocycles. The quantitative estimate of drug-likeness (QED) is 0.0874. The number of anilines is 3. The van der Waals surface area contributed by atoms with Crippen LogP contribution < -0.4 is 25.6 Å². The average molecular weight is 986 g/mol. The zero-order chi connectivity index (χ0) is 49.0. The molecular formula is C56H58Cl2N4O6S. The maximum absolute atomic E-state index is 14.0. The number of fused-ring (bicyclic) bond motifs is 9. The highest BCUT2D eigenvalue weighted by Crippen LogP contribution is 2.49. The van der Waals surface area contributed by atoms with Crippen LogP contribution in [-0.2, 0) is 36.9 Å². The van der Waals surface area contributed by atoms with Crippen LogP contribution in [0.5, 0.6) is 5.75 Å². The van der Waals surface area contributed by atoms with Gasteiger partial charge in [-0.15, -0.1) is 34.5 Å². The number of hydrogen-bond acceptors (Lipinski definition) is 7. The van der Waals surface area contributed by atoms with Crippen molar-refractivity contribution >= 4 is 96.6 Å². The number of primary amides is 1. The third-order valence-electron chi connectivity index (χ3n) is 12.7. The SMILES string of the molecule is CC.CCl.Cc1csc2c(OCc3ccccc3)cc3c(c12)C(CCl)CN3C(=O)CCCC(=O)N1CCc2c1cc(NC(=O)COCC1c3ccccc3-c3ccccc31)c1ccccc21.NC=O. The van der Waals surface area contributed by atoms with E-state index in [4.69, 9.17) is 25.9 Å². The summed E-state index contributed by atoms with van der Waals surface area (Å²) in [5.74, 6) is 0.871. The van der Waals surface area contributed by atoms with Crippen molar-refractivity contribution < 1.29 is 28.7 Å². The number of aryl methyl sites for hydroxylation is 1. The van der Waals surface area contributed by atoms with Crippen molar-refractivity contribution in [3.63, 3.8) is 0 Å². The highest BCUT2D eigenvalue weighted by atomic mass is 35.5. The molecule has 1 aliphatic carbocycles. The number of thiophene rings is 1. The Kier molecular flexibility index (Phi) is 17.5. The number of hydrogen-bond donors (Lipinski definition) is 2. The summed E-state index contributed by atoms with van der Waals surface area (Å²) in [5, 5.41) is 8.30. The summed E-state index contributed by atoms with van der Waals surface area (Å²) in [6, 6.07) is 38.7. The van der Waals surface area contributed by atoms with E-state index >= 15 is 0 Å². The zero-order valence-electron chi connectivity index (χ0n) is 39.4. The highest BCUT2D eigenvalue weighted by molar-refractivity contribution is 7.17. The number of carbonyl (C=O) groups is 4. The second-order valence-electron chi connectivity index (χ2n) is 16.6. The fourth-order valence-electron chi connectivity index (χ4n) is 9.79. The summed E-state index contributed by atoms with van der Waals surface area (Å²) < 4.78 is 13.6. The van der Waals surface area contributed by atoms with Crippen molar-refractivity contribution in [2.45, 2.75) is 64.9 Å². The fourth-order valence-corrected chi connectivity index (χ4v) is 11.1. The molecule has 10 rings (SSSR count). The van der Waals surface area contributed by atoms with Crippen LogP contribution in [0.3, 0.4) is 0 Å². The van der Waals surface area contributed by atoms with Crippen LogP contribution in [0.2, 0.25) is 0 Å². The number of halogens is 2. The molecule has 3 N–H and O–H groups in total. The molecule has 3 aliphatic rings. The molecule has 0 radical (unpaired) electrons. The lowest BCUT2D eigenvalue weighted by molar-refractivity contribution is -0.121. The van der Waals surface area contributed by atoms with Gasteiger partial charge in [0.1, 0.15) is 19.0 Å². The van der Waals surface area contributed by atoms with Gasteiger partial charge in [-0.05, 0) is 81.1 Å². The molecule has 4 amide bonds. The number of rotatable bonds is 13. The van der Waals surface area contributed by atoms with E-state index in [2.05, 4.69) is 71.4 Å². The molecule has 0 fully saturated rings. The van der Waals surface area contributed by atoms with Crippen molar-refractivity contribution in [2.24, 2.45) is 5.73 Å². The smallest absolute Gasteiger partial charge is 0.250 e. The Balaban J connectivity index is 0.000000957. The van der Waals surface area contributed by atoms with Crippen molar-refractivity contribution in [1.29, 1.82) is 0 Å². The van der Waals surface area contributed by atoms with Gasteiger partial charge < -0.3 is 30.3 Å². The normalized spacial score (nSPS) is 14.0. The molecule has 0 bridgehead atoms. The Morgan fingerprint density at radius 3 is 2.10 bits per heavy atom. The van der Waals surface area contributed by atoms with Crippen LogP contribution >= 0.6 is 34.5 Å². The standard InChI is InChI=1S/C52H46ClN3O5S.C2H6.CH3Cl.CH3NO/c1-32-31-62-52-46(61-28-33-12-3-2-4-13-33)25-45-51(50(32)52)34(26-53)27-56(45)49(59)21-11-20-48(58)55-23-22-41-39-18-9-10-19-40(39)43(24-44(41)55)54-47(57)30-60-29-42-37-16-7-5-14-35(37)36-15-6-8-17-38(36)42;2*1-2;2-1-3/h2-10,12-19,24-25,31,34,42H,11,20-23,26-30H2,1H3,(H,54,57);1-2H3;1H3;1H,(H2,2,3). The Bertz CT molecular complexity index is 2900. The van der Waals surface area contributed by atoms with Crippen LogP contribution in [0.1, 0.15) is 78.3 Å². The van der Waals surface area contributed by atoms with Crippen molar-refractivity contribution in [2.75, 3.05) is 53.7 Å². The topological polar surface area (TPSA) is 131 Å². The van der Waals surface area contributed by atoms with Gasteiger partial charge >= 0.3 is 0 Å². The molecular weight excluding hydrogens is 928 g/mol. The first kappa shape index (κ1) is 50.6. The molecule has 358 valence electrons. The lowest BCUT2D eigenvalue weighted by Gasteiger charge is -2.21. The maximum atomic E-state index is 14.0. The van der Waals surface area contributed by atoms with Crippen LogP contribution in [-0.4, -0.2) is 62.7 Å². The Hall–Kier alpha value is -6.24. The monoisotopic (exact) mass is 984 g/mol. The largest absolute Gasteiger partial charge is 0.487 e. The van der Waals surface area contributed by atoms with Crippen LogP contribution in [0.4, 0.5) is 17.1 Å². The van der Waals surface area contributed by atoms with E-state index in [1.54, 1.807) is 11.3 Å². The van der Waals surface area contributed by atoms with E-state index in [9.17, 15) is 14.4 Å². The van der Waals surface area contributed by atoms with Gasteiger partial charge in [0.05, 0.1) is 22.7 Å². The molecule has 1 atom stereocenters. The Morgan fingerprint density at radius 1 is 0.826 bits per heavy atom. The number of alkyl halides is 2. The van der Waals surface area contributed by atoms with Crippen molar-refractivity contribution in [3.8, 4) is 16.9 Å². The molecule has 0 saturated carbocycles. The first-order chi connectivity index (χ1) is 33.8. The van der Waals surface area contributed by atoms with Gasteiger partial charge in [0.2, 0.25) is 24.1 Å². The second kappa shape index (κ2) is 23.9. The van der Waals surface area contributed by atoms with E-state index in [0.29, 0.717) is 50.7 Å². The average Bonchev–Trinajstić information content (AvgIpc) is 4.17. The molecule has 69 heavy (non-hydrogen) atoms. The third kappa shape index (κ3) is 10.7. The number of nitrogens with zero attached hydrogens (tertiary/aromatic N) is 2. The van der Waals surface area contributed by atoms with Gasteiger partial charge in [0.15, 0.2) is 0 Å². The lowest BCUT2D eigenvalue weighted by atomic mass is 9.97. The maximum Gasteiger partial charge on any atom is 0.250 e. The second-order valence-corrected chi connectivity index (χ2v) is 17.8. The summed E-state index contributed by atoms with van der Waals surface area (Å²) in [5.41, 5.74) is 15.7. The van der Waals surface area contributed by atoms with Gasteiger partial charge in [-0.25, -0.2) is 0 Å². The van der Waals surface area contributed by atoms with Gasteiger partial charge in [0.25, 0.3) is 0 Å². The van der Waals surface area contributed by atoms with E-state index in [-0.39, 0.29) is 55.4 Å². The summed E-state index contributed by atoms with van der Waals surface area (Å²) >= 11 is 12.9.